The van der Waals surface area contributed by atoms with Gasteiger partial charge in [-0.25, -0.2) is 4.39 Å². The van der Waals surface area contributed by atoms with Crippen molar-refractivity contribution in [3.63, 3.8) is 0 Å². The van der Waals surface area contributed by atoms with Gasteiger partial charge < -0.3 is 14.4 Å². The molecule has 0 amide bonds. The van der Waals surface area contributed by atoms with Crippen LogP contribution in [-0.4, -0.2) is 46.5 Å². The maximum absolute atomic E-state index is 13.4. The molecule has 1 saturated carbocycles. The maximum atomic E-state index is 13.4. The van der Waals surface area contributed by atoms with Gasteiger partial charge in [0.05, 0.1) is 19.3 Å². The van der Waals surface area contributed by atoms with Crippen LogP contribution >= 0.6 is 0 Å². The van der Waals surface area contributed by atoms with Gasteiger partial charge in [0, 0.05) is 37.6 Å². The topological polar surface area (TPSA) is 37.6 Å². The first-order chi connectivity index (χ1) is 12.7. The summed E-state index contributed by atoms with van der Waals surface area (Å²) in [5.74, 6) is -0.210. The van der Waals surface area contributed by atoms with Crippen molar-refractivity contribution in [1.29, 1.82) is 0 Å². The number of nitrogens with zero attached hydrogens (tertiary/aromatic N) is 2. The van der Waals surface area contributed by atoms with Gasteiger partial charge in [-0.3, -0.25) is 4.90 Å². The van der Waals surface area contributed by atoms with E-state index in [-0.39, 0.29) is 5.82 Å². The lowest BCUT2D eigenvalue weighted by Gasteiger charge is -2.25. The number of aliphatic hydroxyl groups is 1. The molecule has 0 bridgehead atoms. The normalized spacial score (nSPS) is 15.3. The summed E-state index contributed by atoms with van der Waals surface area (Å²) in [4.78, 5) is 2.32. The Morgan fingerprint density at radius 3 is 2.92 bits per heavy atom. The van der Waals surface area contributed by atoms with Crippen LogP contribution in [-0.2, 0) is 17.8 Å². The number of hydrogen-bond donors (Lipinski definition) is 1. The van der Waals surface area contributed by atoms with Gasteiger partial charge in [-0.15, -0.1) is 6.58 Å². The number of halogens is 1. The van der Waals surface area contributed by atoms with Crippen LogP contribution in [0.2, 0.25) is 0 Å². The molecule has 1 aliphatic carbocycles. The molecule has 0 aliphatic heterocycles. The van der Waals surface area contributed by atoms with Crippen LogP contribution in [0.3, 0.4) is 0 Å². The third-order valence-corrected chi connectivity index (χ3v) is 4.59. The number of hydrogen-bond acceptors (Lipinski definition) is 3. The summed E-state index contributed by atoms with van der Waals surface area (Å²) >= 11 is 0. The Balaban J connectivity index is 1.61. The SMILES string of the molecule is C=CCOC[C@@H](O)CN(Cc1cccn1Cc1cccc(F)c1)C1CC1. The lowest BCUT2D eigenvalue weighted by Crippen LogP contribution is -2.36. The first-order valence-corrected chi connectivity index (χ1v) is 9.15. The molecule has 0 unspecified atom stereocenters. The molecular formula is C21H27FN2O2. The van der Waals surface area contributed by atoms with Crippen molar-refractivity contribution in [3.8, 4) is 0 Å². The minimum Gasteiger partial charge on any atom is -0.389 e. The standard InChI is InChI=1S/C21H27FN2O2/c1-2-11-26-16-21(25)15-24(19-8-9-19)14-20-7-4-10-23(20)13-17-5-3-6-18(22)12-17/h2-7,10,12,19,21,25H,1,8-9,11,13-16H2/t21-/m0/s1. The fraction of sp³-hybridized carbons (Fsp3) is 0.429. The van der Waals surface area contributed by atoms with E-state index in [0.29, 0.717) is 32.3 Å². The summed E-state index contributed by atoms with van der Waals surface area (Å²) in [6.45, 7) is 6.39. The number of benzene rings is 1. The first-order valence-electron chi connectivity index (χ1n) is 9.15. The van der Waals surface area contributed by atoms with Gasteiger partial charge in [-0.05, 0) is 42.7 Å². The Morgan fingerprint density at radius 1 is 1.35 bits per heavy atom. The van der Waals surface area contributed by atoms with Crippen molar-refractivity contribution in [2.75, 3.05) is 19.8 Å². The largest absolute Gasteiger partial charge is 0.389 e. The molecule has 0 saturated heterocycles. The zero-order valence-corrected chi connectivity index (χ0v) is 15.1. The Morgan fingerprint density at radius 2 is 2.19 bits per heavy atom. The second kappa shape index (κ2) is 9.12. The molecule has 26 heavy (non-hydrogen) atoms. The van der Waals surface area contributed by atoms with Crippen molar-refractivity contribution in [2.24, 2.45) is 0 Å². The zero-order valence-electron chi connectivity index (χ0n) is 15.1. The highest BCUT2D eigenvalue weighted by molar-refractivity contribution is 5.19. The van der Waals surface area contributed by atoms with Crippen LogP contribution in [0.1, 0.15) is 24.1 Å². The second-order valence-electron chi connectivity index (χ2n) is 6.90. The van der Waals surface area contributed by atoms with E-state index in [9.17, 15) is 9.50 Å². The average molecular weight is 358 g/mol. The molecule has 0 radical (unpaired) electrons. The molecule has 4 nitrogen and oxygen atoms in total. The Kier molecular flexibility index (Phi) is 6.61. The van der Waals surface area contributed by atoms with E-state index < -0.39 is 6.10 Å². The predicted octanol–water partition coefficient (Wildman–Crippen LogP) is 3.20. The minimum absolute atomic E-state index is 0.210. The van der Waals surface area contributed by atoms with Gasteiger partial charge in [0.15, 0.2) is 0 Å². The van der Waals surface area contributed by atoms with Crippen molar-refractivity contribution in [2.45, 2.75) is 38.1 Å². The van der Waals surface area contributed by atoms with E-state index in [1.54, 1.807) is 18.2 Å². The Hall–Kier alpha value is -1.95. The van der Waals surface area contributed by atoms with Gasteiger partial charge in [0.2, 0.25) is 0 Å². The number of rotatable bonds is 11. The van der Waals surface area contributed by atoms with Gasteiger partial charge in [-0.2, -0.15) is 0 Å². The Bertz CT molecular complexity index is 712. The zero-order chi connectivity index (χ0) is 18.4. The van der Waals surface area contributed by atoms with Crippen molar-refractivity contribution in [3.05, 3.63) is 72.3 Å². The summed E-state index contributed by atoms with van der Waals surface area (Å²) in [6, 6.07) is 11.4. The summed E-state index contributed by atoms with van der Waals surface area (Å²) in [6.07, 6.45) is 5.54. The van der Waals surface area contributed by atoms with E-state index in [1.807, 2.05) is 18.3 Å². The second-order valence-corrected chi connectivity index (χ2v) is 6.90. The third kappa shape index (κ3) is 5.53. The predicted molar refractivity (Wildman–Crippen MR) is 100 cm³/mol. The molecule has 1 aliphatic rings. The molecule has 2 aromatic rings. The van der Waals surface area contributed by atoms with E-state index >= 15 is 0 Å². The van der Waals surface area contributed by atoms with E-state index in [4.69, 9.17) is 4.74 Å². The first kappa shape index (κ1) is 18.8. The minimum atomic E-state index is -0.512. The van der Waals surface area contributed by atoms with E-state index in [0.717, 1.165) is 12.1 Å². The molecular weight excluding hydrogens is 331 g/mol. The van der Waals surface area contributed by atoms with Crippen molar-refractivity contribution in [1.82, 2.24) is 9.47 Å². The fourth-order valence-corrected chi connectivity index (χ4v) is 3.18. The van der Waals surface area contributed by atoms with Crippen LogP contribution in [0.25, 0.3) is 0 Å². The van der Waals surface area contributed by atoms with Crippen LogP contribution in [0.5, 0.6) is 0 Å². The third-order valence-electron chi connectivity index (χ3n) is 4.59. The number of aliphatic hydroxyl groups excluding tert-OH is 1. The van der Waals surface area contributed by atoms with E-state index in [2.05, 4.69) is 22.1 Å². The highest BCUT2D eigenvalue weighted by Gasteiger charge is 2.30. The van der Waals surface area contributed by atoms with Crippen molar-refractivity contribution >= 4 is 0 Å². The molecule has 140 valence electrons. The molecule has 1 aromatic heterocycles. The Labute approximate surface area is 154 Å². The maximum Gasteiger partial charge on any atom is 0.123 e. The van der Waals surface area contributed by atoms with E-state index in [1.165, 1.54) is 24.6 Å². The number of ether oxygens (including phenoxy) is 1. The van der Waals surface area contributed by atoms with Gasteiger partial charge in [-0.1, -0.05) is 18.2 Å². The summed E-state index contributed by atoms with van der Waals surface area (Å²) in [5, 5.41) is 10.2. The van der Waals surface area contributed by atoms with Crippen LogP contribution in [0.15, 0.2) is 55.3 Å². The summed E-state index contributed by atoms with van der Waals surface area (Å²) < 4.78 is 20.9. The highest BCUT2D eigenvalue weighted by Crippen LogP contribution is 2.28. The highest BCUT2D eigenvalue weighted by atomic mass is 19.1. The fourth-order valence-electron chi connectivity index (χ4n) is 3.18. The lowest BCUT2D eigenvalue weighted by atomic mass is 10.2. The van der Waals surface area contributed by atoms with Crippen LogP contribution < -0.4 is 0 Å². The molecule has 1 aromatic carbocycles. The quantitative estimate of drug-likeness (QED) is 0.495. The average Bonchev–Trinajstić information content (AvgIpc) is 3.37. The number of aromatic nitrogens is 1. The van der Waals surface area contributed by atoms with Crippen molar-refractivity contribution < 1.29 is 14.2 Å². The summed E-state index contributed by atoms with van der Waals surface area (Å²) in [7, 11) is 0. The summed E-state index contributed by atoms with van der Waals surface area (Å²) in [5.41, 5.74) is 2.11. The molecule has 1 fully saturated rings. The smallest absolute Gasteiger partial charge is 0.123 e. The van der Waals surface area contributed by atoms with Crippen LogP contribution in [0.4, 0.5) is 4.39 Å². The molecule has 1 atom stereocenters. The molecule has 0 spiro atoms. The van der Waals surface area contributed by atoms with Gasteiger partial charge in [0.1, 0.15) is 5.82 Å². The van der Waals surface area contributed by atoms with Gasteiger partial charge >= 0.3 is 0 Å². The van der Waals surface area contributed by atoms with Gasteiger partial charge in [0.25, 0.3) is 0 Å². The molecule has 1 heterocycles. The molecule has 1 N–H and O–H groups in total. The lowest BCUT2D eigenvalue weighted by molar-refractivity contribution is 0.0223. The molecule has 5 heteroatoms. The molecule has 3 rings (SSSR count). The van der Waals surface area contributed by atoms with Crippen LogP contribution in [0, 0.1) is 5.82 Å². The monoisotopic (exact) mass is 358 g/mol.